The molecule has 1 aliphatic rings. The summed E-state index contributed by atoms with van der Waals surface area (Å²) < 4.78 is 4.94. The number of pyridine rings is 1. The molecule has 2 N–H and O–H groups in total. The number of nitrogens with zero attached hydrogens (tertiary/aromatic N) is 2. The molecule has 0 radical (unpaired) electrons. The molecule has 5 nitrogen and oxygen atoms in total. The van der Waals surface area contributed by atoms with Crippen molar-refractivity contribution in [3.05, 3.63) is 30.1 Å². The van der Waals surface area contributed by atoms with Gasteiger partial charge in [0.2, 0.25) is 5.91 Å². The molecule has 1 aliphatic heterocycles. The van der Waals surface area contributed by atoms with E-state index in [1.54, 1.807) is 19.5 Å². The monoisotopic (exact) mass is 249 g/mol. The third kappa shape index (κ3) is 2.68. The fourth-order valence-corrected chi connectivity index (χ4v) is 2.43. The predicted molar refractivity (Wildman–Crippen MR) is 67.8 cm³/mol. The zero-order valence-corrected chi connectivity index (χ0v) is 10.6. The van der Waals surface area contributed by atoms with Gasteiger partial charge < -0.3 is 15.4 Å². The van der Waals surface area contributed by atoms with Gasteiger partial charge in [-0.15, -0.1) is 0 Å². The molecule has 1 aromatic heterocycles. The van der Waals surface area contributed by atoms with Crippen LogP contribution in [0.25, 0.3) is 0 Å². The van der Waals surface area contributed by atoms with Crippen LogP contribution in [-0.2, 0) is 9.53 Å². The van der Waals surface area contributed by atoms with Gasteiger partial charge in [-0.2, -0.15) is 0 Å². The van der Waals surface area contributed by atoms with Crippen LogP contribution in [0.4, 0.5) is 0 Å². The number of carbonyl (C=O) groups is 1. The summed E-state index contributed by atoms with van der Waals surface area (Å²) in [7, 11) is 1.55. The Labute approximate surface area is 107 Å². The minimum atomic E-state index is -0.572. The van der Waals surface area contributed by atoms with Crippen molar-refractivity contribution in [3.8, 4) is 0 Å². The van der Waals surface area contributed by atoms with E-state index in [9.17, 15) is 4.79 Å². The zero-order valence-electron chi connectivity index (χ0n) is 10.6. The Bertz CT molecular complexity index is 396. The first-order valence-corrected chi connectivity index (χ1v) is 6.19. The number of aromatic nitrogens is 1. The molecule has 5 heteroatoms. The number of likely N-dealkylation sites (tertiary alicyclic amines) is 1. The minimum Gasteiger partial charge on any atom is -0.383 e. The number of hydrogen-bond donors (Lipinski definition) is 1. The summed E-state index contributed by atoms with van der Waals surface area (Å²) in [4.78, 5) is 18.1. The Hall–Kier alpha value is -1.46. The van der Waals surface area contributed by atoms with E-state index in [0.29, 0.717) is 0 Å². The third-order valence-electron chi connectivity index (χ3n) is 3.29. The number of methoxy groups -OCH3 is 1. The summed E-state index contributed by atoms with van der Waals surface area (Å²) in [6, 6.07) is 3.47. The molecule has 98 valence electrons. The van der Waals surface area contributed by atoms with Crippen LogP contribution in [0.3, 0.4) is 0 Å². The Morgan fingerprint density at radius 2 is 2.33 bits per heavy atom. The van der Waals surface area contributed by atoms with Crippen molar-refractivity contribution in [2.75, 3.05) is 20.3 Å². The van der Waals surface area contributed by atoms with E-state index in [4.69, 9.17) is 10.5 Å². The molecule has 2 atom stereocenters. The fraction of sp³-hybridized carbons (Fsp3) is 0.538. The van der Waals surface area contributed by atoms with Crippen molar-refractivity contribution < 1.29 is 9.53 Å². The minimum absolute atomic E-state index is 0.0313. The van der Waals surface area contributed by atoms with Crippen LogP contribution >= 0.6 is 0 Å². The van der Waals surface area contributed by atoms with Crippen molar-refractivity contribution in [3.63, 3.8) is 0 Å². The highest BCUT2D eigenvalue weighted by molar-refractivity contribution is 5.82. The Balaban J connectivity index is 2.10. The molecule has 0 aromatic carbocycles. The standard InChI is InChI=1S/C13H19N3O2/c1-18-9-11(14)13(17)16-8-2-3-12(16)10-4-6-15-7-5-10/h4-7,11-12H,2-3,8-9,14H2,1H3. The second-order valence-electron chi connectivity index (χ2n) is 4.53. The molecule has 1 amide bonds. The van der Waals surface area contributed by atoms with Gasteiger partial charge in [-0.25, -0.2) is 0 Å². The van der Waals surface area contributed by atoms with E-state index in [1.165, 1.54) is 0 Å². The maximum atomic E-state index is 12.2. The second-order valence-corrected chi connectivity index (χ2v) is 4.53. The number of rotatable bonds is 4. The van der Waals surface area contributed by atoms with Crippen LogP contribution in [0.15, 0.2) is 24.5 Å². The molecule has 0 saturated carbocycles. The van der Waals surface area contributed by atoms with Crippen molar-refractivity contribution in [1.29, 1.82) is 0 Å². The highest BCUT2D eigenvalue weighted by Crippen LogP contribution is 2.31. The Morgan fingerprint density at radius 1 is 1.61 bits per heavy atom. The Kier molecular flexibility index (Phi) is 4.28. The molecule has 2 unspecified atom stereocenters. The highest BCUT2D eigenvalue weighted by Gasteiger charge is 2.32. The fourth-order valence-electron chi connectivity index (χ4n) is 2.43. The largest absolute Gasteiger partial charge is 0.383 e. The molecule has 2 rings (SSSR count). The van der Waals surface area contributed by atoms with Gasteiger partial charge in [0, 0.05) is 26.0 Å². The number of amides is 1. The van der Waals surface area contributed by atoms with Crippen LogP contribution in [0.5, 0.6) is 0 Å². The quantitative estimate of drug-likeness (QED) is 0.853. The molecule has 1 aromatic rings. The molecule has 18 heavy (non-hydrogen) atoms. The number of ether oxygens (including phenoxy) is 1. The van der Waals surface area contributed by atoms with E-state index >= 15 is 0 Å². The summed E-state index contributed by atoms with van der Waals surface area (Å²) in [6.45, 7) is 1.03. The van der Waals surface area contributed by atoms with Crippen molar-refractivity contribution in [1.82, 2.24) is 9.88 Å². The van der Waals surface area contributed by atoms with Crippen LogP contribution in [0.2, 0.25) is 0 Å². The summed E-state index contributed by atoms with van der Waals surface area (Å²) in [6.07, 6.45) is 5.50. The lowest BCUT2D eigenvalue weighted by Gasteiger charge is -2.27. The number of nitrogens with two attached hydrogens (primary N) is 1. The summed E-state index contributed by atoms with van der Waals surface area (Å²) in [5, 5.41) is 0. The van der Waals surface area contributed by atoms with E-state index in [1.807, 2.05) is 17.0 Å². The van der Waals surface area contributed by atoms with Gasteiger partial charge in [0.15, 0.2) is 0 Å². The first-order valence-electron chi connectivity index (χ1n) is 6.19. The van der Waals surface area contributed by atoms with Crippen LogP contribution in [-0.4, -0.2) is 42.1 Å². The average Bonchev–Trinajstić information content (AvgIpc) is 2.88. The van der Waals surface area contributed by atoms with Crippen molar-refractivity contribution in [2.24, 2.45) is 5.73 Å². The van der Waals surface area contributed by atoms with Gasteiger partial charge in [-0.05, 0) is 30.5 Å². The predicted octanol–water partition coefficient (Wildman–Crippen LogP) is 0.719. The molecule has 0 aliphatic carbocycles. The summed E-state index contributed by atoms with van der Waals surface area (Å²) in [5.74, 6) is -0.0313. The van der Waals surface area contributed by atoms with E-state index in [0.717, 1.165) is 24.9 Å². The molecule has 2 heterocycles. The first-order chi connectivity index (χ1) is 8.74. The van der Waals surface area contributed by atoms with Gasteiger partial charge in [0.25, 0.3) is 0 Å². The first kappa shape index (κ1) is 13.0. The second kappa shape index (κ2) is 5.93. The van der Waals surface area contributed by atoms with Crippen LogP contribution < -0.4 is 5.73 Å². The van der Waals surface area contributed by atoms with Crippen LogP contribution in [0.1, 0.15) is 24.4 Å². The number of hydrogen-bond acceptors (Lipinski definition) is 4. The maximum Gasteiger partial charge on any atom is 0.242 e. The molecule has 1 saturated heterocycles. The molecular weight excluding hydrogens is 230 g/mol. The third-order valence-corrected chi connectivity index (χ3v) is 3.29. The van der Waals surface area contributed by atoms with Gasteiger partial charge in [-0.3, -0.25) is 9.78 Å². The maximum absolute atomic E-state index is 12.2. The normalized spacial score (nSPS) is 21.0. The lowest BCUT2D eigenvalue weighted by atomic mass is 10.1. The lowest BCUT2D eigenvalue weighted by molar-refractivity contribution is -0.134. The van der Waals surface area contributed by atoms with Gasteiger partial charge in [0.1, 0.15) is 6.04 Å². The van der Waals surface area contributed by atoms with Crippen LogP contribution in [0, 0.1) is 0 Å². The smallest absolute Gasteiger partial charge is 0.242 e. The van der Waals surface area contributed by atoms with E-state index < -0.39 is 6.04 Å². The number of carbonyl (C=O) groups excluding carboxylic acids is 1. The SMILES string of the molecule is COCC(N)C(=O)N1CCCC1c1ccncc1. The molecule has 0 bridgehead atoms. The van der Waals surface area contributed by atoms with E-state index in [2.05, 4.69) is 4.98 Å². The average molecular weight is 249 g/mol. The van der Waals surface area contributed by atoms with E-state index in [-0.39, 0.29) is 18.6 Å². The Morgan fingerprint density at radius 3 is 3.00 bits per heavy atom. The molecular formula is C13H19N3O2. The van der Waals surface area contributed by atoms with Gasteiger partial charge in [-0.1, -0.05) is 0 Å². The van der Waals surface area contributed by atoms with Crippen molar-refractivity contribution >= 4 is 5.91 Å². The lowest BCUT2D eigenvalue weighted by Crippen LogP contribution is -2.45. The van der Waals surface area contributed by atoms with Gasteiger partial charge in [0.05, 0.1) is 12.6 Å². The van der Waals surface area contributed by atoms with Gasteiger partial charge >= 0.3 is 0 Å². The highest BCUT2D eigenvalue weighted by atomic mass is 16.5. The zero-order chi connectivity index (χ0) is 13.0. The topological polar surface area (TPSA) is 68.5 Å². The summed E-state index contributed by atoms with van der Waals surface area (Å²) >= 11 is 0. The molecule has 0 spiro atoms. The molecule has 1 fully saturated rings. The van der Waals surface area contributed by atoms with Crippen molar-refractivity contribution in [2.45, 2.75) is 24.9 Å². The summed E-state index contributed by atoms with van der Waals surface area (Å²) in [5.41, 5.74) is 6.94.